The number of hydrogen-bond donors (Lipinski definition) is 1. The summed E-state index contributed by atoms with van der Waals surface area (Å²) in [5.74, 6) is 2.11. The van der Waals surface area contributed by atoms with Crippen molar-refractivity contribution in [1.82, 2.24) is 20.1 Å². The lowest BCUT2D eigenvalue weighted by Crippen LogP contribution is -2.24. The second-order valence-corrected chi connectivity index (χ2v) is 7.87. The first-order valence-electron chi connectivity index (χ1n) is 9.41. The van der Waals surface area contributed by atoms with Crippen LogP contribution in [0.4, 0.5) is 0 Å². The fourth-order valence-electron chi connectivity index (χ4n) is 2.92. The maximum absolute atomic E-state index is 12.3. The molecule has 0 unspecified atom stereocenters. The molecule has 31 heavy (non-hydrogen) atoms. The molecule has 0 aliphatic rings. The largest absolute Gasteiger partial charge is 0.497 e. The van der Waals surface area contributed by atoms with E-state index >= 15 is 0 Å². The lowest BCUT2D eigenvalue weighted by molar-refractivity contribution is -0.118. The Morgan fingerprint density at radius 1 is 1.16 bits per heavy atom. The van der Waals surface area contributed by atoms with E-state index in [1.54, 1.807) is 31.6 Å². The summed E-state index contributed by atoms with van der Waals surface area (Å²) in [4.78, 5) is 12.3. The molecule has 0 atom stereocenters. The van der Waals surface area contributed by atoms with E-state index in [9.17, 15) is 4.79 Å². The van der Waals surface area contributed by atoms with Gasteiger partial charge in [0, 0.05) is 16.3 Å². The van der Waals surface area contributed by atoms with Crippen molar-refractivity contribution in [2.24, 2.45) is 0 Å². The van der Waals surface area contributed by atoms with Gasteiger partial charge in [0.15, 0.2) is 11.0 Å². The van der Waals surface area contributed by atoms with E-state index in [2.05, 4.69) is 15.5 Å². The molecule has 0 radical (unpaired) electrons. The van der Waals surface area contributed by atoms with Crippen LogP contribution in [-0.4, -0.2) is 33.5 Å². The molecule has 0 spiro atoms. The lowest BCUT2D eigenvalue weighted by Gasteiger charge is -2.11. The number of nitrogens with zero attached hydrogens (tertiary/aromatic N) is 3. The zero-order valence-corrected chi connectivity index (χ0v) is 18.2. The van der Waals surface area contributed by atoms with E-state index in [-0.39, 0.29) is 11.7 Å². The van der Waals surface area contributed by atoms with Gasteiger partial charge in [0.1, 0.15) is 11.5 Å². The molecule has 0 saturated carbocycles. The Bertz CT molecular complexity index is 1160. The van der Waals surface area contributed by atoms with E-state index in [1.165, 1.54) is 11.8 Å². The minimum absolute atomic E-state index is 0.130. The maximum Gasteiger partial charge on any atom is 0.230 e. The second kappa shape index (κ2) is 9.72. The monoisotopic (exact) mass is 454 g/mol. The van der Waals surface area contributed by atoms with Crippen LogP contribution in [0.15, 0.2) is 76.5 Å². The summed E-state index contributed by atoms with van der Waals surface area (Å²) in [6.45, 7) is 0.339. The summed E-state index contributed by atoms with van der Waals surface area (Å²) in [6.07, 6.45) is 1.57. The van der Waals surface area contributed by atoms with Gasteiger partial charge in [0.25, 0.3) is 0 Å². The molecule has 158 valence electrons. The Hall–Kier alpha value is -3.23. The van der Waals surface area contributed by atoms with Crippen molar-refractivity contribution in [2.75, 3.05) is 12.9 Å². The van der Waals surface area contributed by atoms with Gasteiger partial charge in [-0.3, -0.25) is 9.36 Å². The molecule has 4 rings (SSSR count). The summed E-state index contributed by atoms with van der Waals surface area (Å²) >= 11 is 7.37. The molecule has 2 heterocycles. The third kappa shape index (κ3) is 5.10. The maximum atomic E-state index is 12.3. The summed E-state index contributed by atoms with van der Waals surface area (Å²) in [5.41, 5.74) is 1.68. The first-order chi connectivity index (χ1) is 15.1. The normalized spacial score (nSPS) is 10.8. The van der Waals surface area contributed by atoms with Crippen LogP contribution in [-0.2, 0) is 11.3 Å². The van der Waals surface area contributed by atoms with Crippen LogP contribution in [0.1, 0.15) is 5.76 Å². The molecule has 0 fully saturated rings. The molecule has 2 aromatic heterocycles. The molecule has 0 bridgehead atoms. The van der Waals surface area contributed by atoms with Gasteiger partial charge in [0.2, 0.25) is 5.91 Å². The summed E-state index contributed by atoms with van der Waals surface area (Å²) in [7, 11) is 1.62. The Morgan fingerprint density at radius 3 is 2.74 bits per heavy atom. The van der Waals surface area contributed by atoms with Gasteiger partial charge in [-0.2, -0.15) is 0 Å². The van der Waals surface area contributed by atoms with Gasteiger partial charge in [-0.05, 0) is 48.5 Å². The fourth-order valence-corrected chi connectivity index (χ4v) is 3.82. The minimum atomic E-state index is -0.130. The quantitative estimate of drug-likeness (QED) is 0.392. The number of carbonyl (C=O) groups is 1. The highest BCUT2D eigenvalue weighted by Crippen LogP contribution is 2.30. The number of ether oxygens (including phenoxy) is 1. The molecule has 0 aliphatic heterocycles. The Morgan fingerprint density at radius 2 is 2.00 bits per heavy atom. The number of halogens is 1. The molecule has 7 nitrogen and oxygen atoms in total. The first-order valence-corrected chi connectivity index (χ1v) is 10.8. The van der Waals surface area contributed by atoms with Gasteiger partial charge >= 0.3 is 0 Å². The summed E-state index contributed by atoms with van der Waals surface area (Å²) < 4.78 is 12.5. The van der Waals surface area contributed by atoms with Gasteiger partial charge in [0.05, 0.1) is 25.7 Å². The Labute approximate surface area is 188 Å². The van der Waals surface area contributed by atoms with Crippen LogP contribution >= 0.6 is 23.4 Å². The van der Waals surface area contributed by atoms with Crippen LogP contribution in [0.3, 0.4) is 0 Å². The Balaban J connectivity index is 1.59. The van der Waals surface area contributed by atoms with Crippen LogP contribution in [0.25, 0.3) is 17.1 Å². The average molecular weight is 455 g/mol. The zero-order chi connectivity index (χ0) is 21.6. The number of aromatic nitrogens is 3. The third-order valence-corrected chi connectivity index (χ3v) is 5.60. The second-order valence-electron chi connectivity index (χ2n) is 6.49. The number of rotatable bonds is 8. The molecule has 1 amide bonds. The number of methoxy groups -OCH3 is 1. The highest BCUT2D eigenvalue weighted by Gasteiger charge is 2.18. The van der Waals surface area contributed by atoms with E-state index in [1.807, 2.05) is 47.0 Å². The molecule has 9 heteroatoms. The summed E-state index contributed by atoms with van der Waals surface area (Å²) in [5, 5.41) is 12.8. The van der Waals surface area contributed by atoms with E-state index < -0.39 is 0 Å². The van der Waals surface area contributed by atoms with E-state index in [0.717, 1.165) is 17.0 Å². The van der Waals surface area contributed by atoms with Gasteiger partial charge in [-0.1, -0.05) is 35.5 Å². The van der Waals surface area contributed by atoms with E-state index in [0.29, 0.717) is 28.3 Å². The number of amides is 1. The van der Waals surface area contributed by atoms with Crippen LogP contribution in [0, 0.1) is 0 Å². The average Bonchev–Trinajstić information content (AvgIpc) is 3.47. The zero-order valence-electron chi connectivity index (χ0n) is 16.6. The van der Waals surface area contributed by atoms with Crippen molar-refractivity contribution >= 4 is 29.3 Å². The van der Waals surface area contributed by atoms with Crippen molar-refractivity contribution in [3.8, 4) is 22.8 Å². The standard InChI is InChI=1S/C22H19ClN4O3S/c1-29-18-5-2-4-15(12-18)21-25-26-22(27(21)17-9-7-16(23)8-10-17)31-14-20(28)24-13-19-6-3-11-30-19/h2-12H,13-14H2,1H3,(H,24,28). The number of carbonyl (C=O) groups excluding carboxylic acids is 1. The van der Waals surface area contributed by atoms with Crippen LogP contribution < -0.4 is 10.1 Å². The SMILES string of the molecule is COc1cccc(-c2nnc(SCC(=O)NCc3ccco3)n2-c2ccc(Cl)cc2)c1. The number of benzene rings is 2. The van der Waals surface area contributed by atoms with Gasteiger partial charge in [-0.15, -0.1) is 10.2 Å². The third-order valence-electron chi connectivity index (χ3n) is 4.42. The highest BCUT2D eigenvalue weighted by atomic mass is 35.5. The van der Waals surface area contributed by atoms with Crippen LogP contribution in [0.5, 0.6) is 5.75 Å². The molecule has 2 aromatic carbocycles. The molecular formula is C22H19ClN4O3S. The van der Waals surface area contributed by atoms with Crippen molar-refractivity contribution in [2.45, 2.75) is 11.7 Å². The smallest absolute Gasteiger partial charge is 0.230 e. The van der Waals surface area contributed by atoms with E-state index in [4.69, 9.17) is 20.8 Å². The van der Waals surface area contributed by atoms with Crippen molar-refractivity contribution in [3.63, 3.8) is 0 Å². The number of furan rings is 1. The predicted molar refractivity (Wildman–Crippen MR) is 120 cm³/mol. The van der Waals surface area contributed by atoms with Crippen molar-refractivity contribution in [3.05, 3.63) is 77.7 Å². The van der Waals surface area contributed by atoms with Gasteiger partial charge in [-0.25, -0.2) is 0 Å². The lowest BCUT2D eigenvalue weighted by atomic mass is 10.2. The van der Waals surface area contributed by atoms with Crippen molar-refractivity contribution < 1.29 is 13.9 Å². The number of thioether (sulfide) groups is 1. The molecule has 1 N–H and O–H groups in total. The predicted octanol–water partition coefficient (Wildman–Crippen LogP) is 4.60. The van der Waals surface area contributed by atoms with Crippen LogP contribution in [0.2, 0.25) is 5.02 Å². The van der Waals surface area contributed by atoms with Gasteiger partial charge < -0.3 is 14.5 Å². The van der Waals surface area contributed by atoms with Crippen molar-refractivity contribution in [1.29, 1.82) is 0 Å². The first kappa shape index (κ1) is 21.0. The minimum Gasteiger partial charge on any atom is -0.497 e. The summed E-state index contributed by atoms with van der Waals surface area (Å²) in [6, 6.07) is 18.6. The molecule has 4 aromatic rings. The molecular weight excluding hydrogens is 436 g/mol. The topological polar surface area (TPSA) is 82.2 Å². The highest BCUT2D eigenvalue weighted by molar-refractivity contribution is 7.99. The molecule has 0 saturated heterocycles. The number of nitrogens with one attached hydrogen (secondary N) is 1. The Kier molecular flexibility index (Phi) is 6.59. The number of hydrogen-bond acceptors (Lipinski definition) is 6. The molecule has 0 aliphatic carbocycles. The fraction of sp³-hybridized carbons (Fsp3) is 0.136.